The van der Waals surface area contributed by atoms with Gasteiger partial charge in [-0.3, -0.25) is 14.7 Å². The van der Waals surface area contributed by atoms with Crippen molar-refractivity contribution in [1.29, 1.82) is 0 Å². The molecule has 0 bridgehead atoms. The molecule has 1 amide bonds. The third kappa shape index (κ3) is 4.69. The second-order valence-electron chi connectivity index (χ2n) is 8.06. The number of hydrogen-bond acceptors (Lipinski definition) is 6. The van der Waals surface area contributed by atoms with E-state index in [1.807, 2.05) is 6.07 Å². The van der Waals surface area contributed by atoms with Crippen molar-refractivity contribution in [2.24, 2.45) is 0 Å². The molecule has 4 rings (SSSR count). The van der Waals surface area contributed by atoms with Crippen LogP contribution in [0.2, 0.25) is 0 Å². The summed E-state index contributed by atoms with van der Waals surface area (Å²) in [5, 5.41) is 14.1. The first-order valence-electron chi connectivity index (χ1n) is 10.4. The number of amides is 1. The minimum absolute atomic E-state index is 0.0719. The van der Waals surface area contributed by atoms with Gasteiger partial charge in [0.1, 0.15) is 4.88 Å². The molecule has 1 aliphatic carbocycles. The lowest BCUT2D eigenvalue weighted by Gasteiger charge is -2.37. The summed E-state index contributed by atoms with van der Waals surface area (Å²) in [5.41, 5.74) is 2.74. The predicted molar refractivity (Wildman–Crippen MR) is 113 cm³/mol. The van der Waals surface area contributed by atoms with Gasteiger partial charge in [0.15, 0.2) is 0 Å². The van der Waals surface area contributed by atoms with Crippen LogP contribution in [0.5, 0.6) is 0 Å². The molecule has 0 radical (unpaired) electrons. The SMILES string of the molecule is O=C(NC[C@]1(c2ccccc2)CC[C@@H](O)[C@H](N2CCOCC2)CC1)c1cncs1. The number of rotatable bonds is 5. The molecular weight excluding hydrogens is 386 g/mol. The molecule has 3 atom stereocenters. The van der Waals surface area contributed by atoms with Gasteiger partial charge in [0.05, 0.1) is 31.0 Å². The van der Waals surface area contributed by atoms with E-state index in [9.17, 15) is 9.90 Å². The molecule has 1 aromatic heterocycles. The van der Waals surface area contributed by atoms with Gasteiger partial charge in [-0.15, -0.1) is 11.3 Å². The highest BCUT2D eigenvalue weighted by atomic mass is 32.1. The van der Waals surface area contributed by atoms with Crippen LogP contribution < -0.4 is 5.32 Å². The van der Waals surface area contributed by atoms with Crippen molar-refractivity contribution in [2.45, 2.75) is 43.2 Å². The van der Waals surface area contributed by atoms with Crippen molar-refractivity contribution in [2.75, 3.05) is 32.8 Å². The number of aliphatic hydroxyl groups is 1. The Hall–Kier alpha value is -1.80. The van der Waals surface area contributed by atoms with Gasteiger partial charge in [-0.25, -0.2) is 0 Å². The summed E-state index contributed by atoms with van der Waals surface area (Å²) in [6, 6.07) is 10.6. The average molecular weight is 416 g/mol. The highest BCUT2D eigenvalue weighted by molar-refractivity contribution is 7.11. The van der Waals surface area contributed by atoms with Crippen molar-refractivity contribution in [3.05, 3.63) is 52.5 Å². The molecule has 2 heterocycles. The van der Waals surface area contributed by atoms with E-state index in [0.717, 1.165) is 52.0 Å². The van der Waals surface area contributed by atoms with Gasteiger partial charge in [-0.1, -0.05) is 30.3 Å². The molecule has 2 aromatic rings. The average Bonchev–Trinajstić information content (AvgIpc) is 3.26. The zero-order chi connectivity index (χ0) is 20.1. The number of ether oxygens (including phenoxy) is 1. The normalized spacial score (nSPS) is 28.6. The first-order valence-corrected chi connectivity index (χ1v) is 11.3. The van der Waals surface area contributed by atoms with Gasteiger partial charge in [-0.05, 0) is 31.2 Å². The summed E-state index contributed by atoms with van der Waals surface area (Å²) in [7, 11) is 0. The number of thiazole rings is 1. The number of benzene rings is 1. The quantitative estimate of drug-likeness (QED) is 0.734. The third-order valence-corrected chi connectivity index (χ3v) is 7.20. The molecule has 6 nitrogen and oxygen atoms in total. The van der Waals surface area contributed by atoms with E-state index < -0.39 is 0 Å². The minimum Gasteiger partial charge on any atom is -0.391 e. The molecule has 1 aromatic carbocycles. The first-order chi connectivity index (χ1) is 14.2. The number of aromatic nitrogens is 1. The molecule has 2 aliphatic rings. The lowest BCUT2D eigenvalue weighted by Crippen LogP contribution is -2.48. The monoisotopic (exact) mass is 415 g/mol. The first kappa shape index (κ1) is 20.5. The largest absolute Gasteiger partial charge is 0.391 e. The fourth-order valence-corrected chi connectivity index (χ4v) is 5.25. The molecular formula is C22H29N3O3S. The number of nitrogens with one attached hydrogen (secondary N) is 1. The molecule has 0 spiro atoms. The molecule has 1 saturated carbocycles. The maximum Gasteiger partial charge on any atom is 0.263 e. The predicted octanol–water partition coefficient (Wildman–Crippen LogP) is 2.45. The number of carbonyl (C=O) groups is 1. The van der Waals surface area contributed by atoms with Crippen LogP contribution in [0.4, 0.5) is 0 Å². The Morgan fingerprint density at radius 1 is 1.24 bits per heavy atom. The summed E-state index contributed by atoms with van der Waals surface area (Å²) < 4.78 is 5.49. The second-order valence-corrected chi connectivity index (χ2v) is 8.94. The molecule has 29 heavy (non-hydrogen) atoms. The Kier molecular flexibility index (Phi) is 6.60. The fourth-order valence-electron chi connectivity index (χ4n) is 4.72. The van der Waals surface area contributed by atoms with Gasteiger partial charge >= 0.3 is 0 Å². The van der Waals surface area contributed by atoms with Crippen LogP contribution >= 0.6 is 11.3 Å². The Morgan fingerprint density at radius 2 is 2.00 bits per heavy atom. The van der Waals surface area contributed by atoms with E-state index >= 15 is 0 Å². The highest BCUT2D eigenvalue weighted by Crippen LogP contribution is 2.39. The van der Waals surface area contributed by atoms with Crippen molar-refractivity contribution in [1.82, 2.24) is 15.2 Å². The second kappa shape index (κ2) is 9.34. The van der Waals surface area contributed by atoms with Crippen LogP contribution in [-0.4, -0.2) is 65.9 Å². The van der Waals surface area contributed by atoms with Gasteiger partial charge in [-0.2, -0.15) is 0 Å². The summed E-state index contributed by atoms with van der Waals surface area (Å²) in [5.74, 6) is -0.0719. The molecule has 1 saturated heterocycles. The maximum absolute atomic E-state index is 12.6. The van der Waals surface area contributed by atoms with Gasteiger partial charge < -0.3 is 15.2 Å². The van der Waals surface area contributed by atoms with Crippen molar-refractivity contribution in [3.63, 3.8) is 0 Å². The molecule has 156 valence electrons. The number of nitrogens with zero attached hydrogens (tertiary/aromatic N) is 2. The standard InChI is InChI=1S/C22H29N3O3S/c26-19-7-9-22(17-4-2-1-3-5-17,15-24-21(27)20-14-23-16-29-20)8-6-18(19)25-10-12-28-13-11-25/h1-5,14,16,18-19,26H,6-13,15H2,(H,24,27)/t18-,19-,22-/m1/s1. The maximum atomic E-state index is 12.6. The van der Waals surface area contributed by atoms with Crippen LogP contribution in [-0.2, 0) is 10.2 Å². The smallest absolute Gasteiger partial charge is 0.263 e. The van der Waals surface area contributed by atoms with Crippen molar-refractivity contribution in [3.8, 4) is 0 Å². The van der Waals surface area contributed by atoms with E-state index in [-0.39, 0.29) is 23.5 Å². The Morgan fingerprint density at radius 3 is 2.72 bits per heavy atom. The highest BCUT2D eigenvalue weighted by Gasteiger charge is 2.40. The van der Waals surface area contributed by atoms with Gasteiger partial charge in [0.2, 0.25) is 0 Å². The zero-order valence-corrected chi connectivity index (χ0v) is 17.4. The van der Waals surface area contributed by atoms with Crippen LogP contribution in [0.1, 0.15) is 40.9 Å². The number of carbonyl (C=O) groups excluding carboxylic acids is 1. The van der Waals surface area contributed by atoms with Gasteiger partial charge in [0, 0.05) is 31.1 Å². The fraction of sp³-hybridized carbons (Fsp3) is 0.545. The van der Waals surface area contributed by atoms with Crippen LogP contribution in [0.25, 0.3) is 0 Å². The van der Waals surface area contributed by atoms with Crippen LogP contribution in [0, 0.1) is 0 Å². The number of hydrogen-bond donors (Lipinski definition) is 2. The summed E-state index contributed by atoms with van der Waals surface area (Å²) in [4.78, 5) is 19.6. The molecule has 1 aliphatic heterocycles. The molecule has 7 heteroatoms. The van der Waals surface area contributed by atoms with E-state index in [2.05, 4.69) is 39.5 Å². The minimum atomic E-state index is -0.351. The number of morpholine rings is 1. The Bertz CT molecular complexity index is 780. The molecule has 2 fully saturated rings. The van der Waals surface area contributed by atoms with Crippen molar-refractivity contribution < 1.29 is 14.6 Å². The van der Waals surface area contributed by atoms with E-state index in [1.165, 1.54) is 16.9 Å². The van der Waals surface area contributed by atoms with E-state index in [1.54, 1.807) is 11.7 Å². The van der Waals surface area contributed by atoms with E-state index in [0.29, 0.717) is 11.4 Å². The van der Waals surface area contributed by atoms with Crippen LogP contribution in [0.3, 0.4) is 0 Å². The third-order valence-electron chi connectivity index (χ3n) is 6.43. The van der Waals surface area contributed by atoms with Crippen molar-refractivity contribution >= 4 is 17.2 Å². The summed E-state index contributed by atoms with van der Waals surface area (Å²) >= 11 is 1.35. The topological polar surface area (TPSA) is 74.7 Å². The molecule has 2 N–H and O–H groups in total. The molecule has 0 unspecified atom stereocenters. The van der Waals surface area contributed by atoms with Crippen LogP contribution in [0.15, 0.2) is 42.0 Å². The van der Waals surface area contributed by atoms with E-state index in [4.69, 9.17) is 4.74 Å². The van der Waals surface area contributed by atoms with Gasteiger partial charge in [0.25, 0.3) is 5.91 Å². The Balaban J connectivity index is 1.53. The lowest BCUT2D eigenvalue weighted by molar-refractivity contribution is -0.0236. The Labute approximate surface area is 175 Å². The zero-order valence-electron chi connectivity index (χ0n) is 16.6. The number of aliphatic hydroxyl groups excluding tert-OH is 1. The summed E-state index contributed by atoms with van der Waals surface area (Å²) in [6.45, 7) is 3.79. The lowest BCUT2D eigenvalue weighted by atomic mass is 9.74. The summed E-state index contributed by atoms with van der Waals surface area (Å²) in [6.07, 6.45) is 4.68.